The zero-order valence-corrected chi connectivity index (χ0v) is 6.47. The van der Waals surface area contributed by atoms with Gasteiger partial charge in [0.25, 0.3) is 0 Å². The van der Waals surface area contributed by atoms with Crippen molar-refractivity contribution in [3.63, 3.8) is 0 Å². The first-order chi connectivity index (χ1) is 2.50. The summed E-state index contributed by atoms with van der Waals surface area (Å²) in [7, 11) is 0. The number of rotatable bonds is 0. The zero-order valence-electron chi connectivity index (χ0n) is 3.22. The fourth-order valence-corrected chi connectivity index (χ4v) is 0.791. The number of aliphatic imine (C=N–C) groups is 1. The largest absolute Gasteiger partial charge is 0.285 e. The van der Waals surface area contributed by atoms with Crippen LogP contribution in [0, 0.1) is 49.4 Å². The van der Waals surface area contributed by atoms with Crippen LogP contribution in [-0.2, 0) is 0 Å². The van der Waals surface area contributed by atoms with Gasteiger partial charge in [-0.05, 0) is 0 Å². The van der Waals surface area contributed by atoms with E-state index >= 15 is 0 Å². The molecule has 0 N–H and O–H groups in total. The Morgan fingerprint density at radius 3 is 2.67 bits per heavy atom. The van der Waals surface area contributed by atoms with Gasteiger partial charge in [-0.3, -0.25) is 4.99 Å². The van der Waals surface area contributed by atoms with E-state index < -0.39 is 0 Å². The molecule has 0 aromatic heterocycles. The van der Waals surface area contributed by atoms with Gasteiger partial charge >= 0.3 is 0 Å². The van der Waals surface area contributed by atoms with Crippen molar-refractivity contribution in [2.45, 2.75) is 0 Å². The molecule has 0 spiro atoms. The zero-order chi connectivity index (χ0) is 3.54. The summed E-state index contributed by atoms with van der Waals surface area (Å²) in [5.74, 6) is 1.19. The standard InChI is InChI=1S/C3H5NS.Eu/c1-2-5-3-4-1;/h3H,1-2H2;. The van der Waals surface area contributed by atoms with Crippen LogP contribution in [0.5, 0.6) is 0 Å². The summed E-state index contributed by atoms with van der Waals surface area (Å²) in [5.41, 5.74) is 1.90. The normalized spacial score (nSPS) is 17.3. The minimum absolute atomic E-state index is 0. The van der Waals surface area contributed by atoms with Gasteiger partial charge in [0, 0.05) is 61.7 Å². The second-order valence-corrected chi connectivity index (χ2v) is 1.83. The molecule has 0 fully saturated rings. The molecule has 1 nitrogen and oxygen atoms in total. The molecule has 0 saturated heterocycles. The number of hydrogen-bond acceptors (Lipinski definition) is 2. The first-order valence-electron chi connectivity index (χ1n) is 1.60. The Balaban J connectivity index is 0.000000250. The Morgan fingerprint density at radius 2 is 2.50 bits per heavy atom. The van der Waals surface area contributed by atoms with Gasteiger partial charge in [0.05, 0.1) is 5.55 Å². The number of thioether (sulfide) groups is 1. The van der Waals surface area contributed by atoms with E-state index in [1.54, 1.807) is 11.8 Å². The maximum atomic E-state index is 3.92. The van der Waals surface area contributed by atoms with Crippen LogP contribution < -0.4 is 0 Å². The van der Waals surface area contributed by atoms with Crippen LogP contribution in [0.1, 0.15) is 0 Å². The molecule has 35 valence electrons. The van der Waals surface area contributed by atoms with E-state index in [4.69, 9.17) is 0 Å². The van der Waals surface area contributed by atoms with E-state index in [-0.39, 0.29) is 49.4 Å². The molecule has 1 heterocycles. The number of hydrogen-bond donors (Lipinski definition) is 0. The molecule has 0 bridgehead atoms. The van der Waals surface area contributed by atoms with Crippen molar-refractivity contribution in [3.05, 3.63) is 0 Å². The molecule has 1 aliphatic rings. The van der Waals surface area contributed by atoms with Crippen LogP contribution in [0.4, 0.5) is 0 Å². The maximum Gasteiger partial charge on any atom is 0.0542 e. The second kappa shape index (κ2) is 4.76. The van der Waals surface area contributed by atoms with E-state index in [0.29, 0.717) is 0 Å². The SMILES string of the molecule is C1=NCCS1.[Eu]. The molecule has 1 radical (unpaired) electrons. The van der Waals surface area contributed by atoms with Crippen LogP contribution in [0.2, 0.25) is 0 Å². The van der Waals surface area contributed by atoms with Crippen LogP contribution in [-0.4, -0.2) is 17.8 Å². The Hall–Kier alpha value is 1.60. The van der Waals surface area contributed by atoms with Crippen LogP contribution >= 0.6 is 11.8 Å². The van der Waals surface area contributed by atoms with Gasteiger partial charge in [0.2, 0.25) is 0 Å². The molecule has 0 amide bonds. The Kier molecular flexibility index (Phi) is 6.03. The van der Waals surface area contributed by atoms with Gasteiger partial charge < -0.3 is 0 Å². The fraction of sp³-hybridized carbons (Fsp3) is 0.667. The molecule has 1 aliphatic heterocycles. The predicted molar refractivity (Wildman–Crippen MR) is 25.8 cm³/mol. The summed E-state index contributed by atoms with van der Waals surface area (Å²) in [4.78, 5) is 3.92. The molecule has 6 heavy (non-hydrogen) atoms. The molecule has 0 unspecified atom stereocenters. The minimum Gasteiger partial charge on any atom is -0.285 e. The van der Waals surface area contributed by atoms with Gasteiger partial charge in [0.1, 0.15) is 0 Å². The summed E-state index contributed by atoms with van der Waals surface area (Å²) in [6, 6.07) is 0. The topological polar surface area (TPSA) is 12.4 Å². The Labute approximate surface area is 82.5 Å². The first kappa shape index (κ1) is 7.60. The molecular weight excluding hydrogens is 234 g/mol. The van der Waals surface area contributed by atoms with Crippen molar-refractivity contribution in [2.24, 2.45) is 4.99 Å². The van der Waals surface area contributed by atoms with Crippen LogP contribution in [0.25, 0.3) is 0 Å². The van der Waals surface area contributed by atoms with Gasteiger partial charge in [-0.1, -0.05) is 0 Å². The fourth-order valence-electron chi connectivity index (χ4n) is 0.264. The molecule has 0 aliphatic carbocycles. The van der Waals surface area contributed by atoms with Gasteiger partial charge in [-0.25, -0.2) is 0 Å². The summed E-state index contributed by atoms with van der Waals surface area (Å²) < 4.78 is 0. The van der Waals surface area contributed by atoms with Crippen molar-refractivity contribution in [1.29, 1.82) is 0 Å². The molecular formula is C3H5EuNS. The Morgan fingerprint density at radius 1 is 1.67 bits per heavy atom. The predicted octanol–water partition coefficient (Wildman–Crippen LogP) is 0.762. The third kappa shape index (κ3) is 2.72. The van der Waals surface area contributed by atoms with E-state index in [1.165, 1.54) is 5.75 Å². The quantitative estimate of drug-likeness (QED) is 0.608. The average molecular weight is 239 g/mol. The van der Waals surface area contributed by atoms with Crippen LogP contribution in [0.3, 0.4) is 0 Å². The van der Waals surface area contributed by atoms with E-state index in [0.717, 1.165) is 6.54 Å². The smallest absolute Gasteiger partial charge is 0.0542 e. The van der Waals surface area contributed by atoms with E-state index in [1.807, 2.05) is 5.55 Å². The molecule has 0 aromatic rings. The van der Waals surface area contributed by atoms with E-state index in [2.05, 4.69) is 4.99 Å². The average Bonchev–Trinajstić information content (AvgIpc) is 1.76. The van der Waals surface area contributed by atoms with Crippen molar-refractivity contribution < 1.29 is 49.4 Å². The maximum absolute atomic E-state index is 3.92. The first-order valence-corrected chi connectivity index (χ1v) is 2.65. The minimum atomic E-state index is 0. The van der Waals surface area contributed by atoms with Crippen molar-refractivity contribution in [3.8, 4) is 0 Å². The van der Waals surface area contributed by atoms with Crippen LogP contribution in [0.15, 0.2) is 4.99 Å². The molecule has 0 saturated carbocycles. The third-order valence-electron chi connectivity index (χ3n) is 0.487. The second-order valence-electron chi connectivity index (χ2n) is 0.882. The summed E-state index contributed by atoms with van der Waals surface area (Å²) >= 11 is 1.78. The van der Waals surface area contributed by atoms with Gasteiger partial charge in [-0.2, -0.15) is 0 Å². The Bertz CT molecular complexity index is 48.8. The third-order valence-corrected chi connectivity index (χ3v) is 1.20. The van der Waals surface area contributed by atoms with E-state index in [9.17, 15) is 0 Å². The molecule has 0 atom stereocenters. The molecule has 1 rings (SSSR count). The number of nitrogens with zero attached hydrogens (tertiary/aromatic N) is 1. The molecule has 0 aromatic carbocycles. The summed E-state index contributed by atoms with van der Waals surface area (Å²) in [6.07, 6.45) is 0. The summed E-state index contributed by atoms with van der Waals surface area (Å²) in [6.45, 7) is 1.03. The molecule has 3 heteroatoms. The van der Waals surface area contributed by atoms with Crippen molar-refractivity contribution >= 4 is 17.3 Å². The van der Waals surface area contributed by atoms with Gasteiger partial charge in [0.15, 0.2) is 0 Å². The summed E-state index contributed by atoms with van der Waals surface area (Å²) in [5, 5.41) is 0. The van der Waals surface area contributed by atoms with Crippen molar-refractivity contribution in [1.82, 2.24) is 0 Å². The monoisotopic (exact) mass is 240 g/mol. The van der Waals surface area contributed by atoms with Crippen molar-refractivity contribution in [2.75, 3.05) is 12.3 Å². The van der Waals surface area contributed by atoms with Gasteiger partial charge in [-0.15, -0.1) is 11.8 Å².